The van der Waals surface area contributed by atoms with Crippen LogP contribution in [-0.2, 0) is 4.74 Å². The van der Waals surface area contributed by atoms with E-state index in [1.807, 2.05) is 6.92 Å². The van der Waals surface area contributed by atoms with E-state index in [4.69, 9.17) is 4.74 Å². The first-order chi connectivity index (χ1) is 13.0. The molecule has 7 nitrogen and oxygen atoms in total. The van der Waals surface area contributed by atoms with Gasteiger partial charge in [0.1, 0.15) is 11.4 Å². The van der Waals surface area contributed by atoms with Crippen LogP contribution in [-0.4, -0.2) is 52.1 Å². The number of carbonyl (C=O) groups excluding carboxylic acids is 2. The zero-order chi connectivity index (χ0) is 19.0. The topological polar surface area (TPSA) is 78.5 Å². The number of imidazole rings is 1. The molecule has 2 saturated heterocycles. The van der Waals surface area contributed by atoms with Crippen molar-refractivity contribution in [2.24, 2.45) is 5.92 Å². The Morgan fingerprint density at radius 2 is 2.00 bits per heavy atom. The van der Waals surface area contributed by atoms with Gasteiger partial charge in [0.15, 0.2) is 5.82 Å². The minimum Gasteiger partial charge on any atom is -0.441 e. The Morgan fingerprint density at radius 3 is 2.63 bits per heavy atom. The summed E-state index contributed by atoms with van der Waals surface area (Å²) in [5.41, 5.74) is -0.0128. The van der Waals surface area contributed by atoms with Crippen molar-refractivity contribution in [2.75, 3.05) is 24.5 Å². The SMILES string of the molecule is C[C@]1(C2CCN(C(=O)c3ncc[nH]3)CC2)CN(c2ccc(F)cc2)C(=O)O1. The lowest BCUT2D eigenvalue weighted by atomic mass is 9.81. The summed E-state index contributed by atoms with van der Waals surface area (Å²) in [7, 11) is 0. The molecule has 1 atom stereocenters. The Balaban J connectivity index is 1.41. The number of anilines is 1. The summed E-state index contributed by atoms with van der Waals surface area (Å²) in [5, 5.41) is 0. The number of benzene rings is 1. The van der Waals surface area contributed by atoms with Crippen LogP contribution in [0, 0.1) is 11.7 Å². The number of hydrogen-bond acceptors (Lipinski definition) is 4. The smallest absolute Gasteiger partial charge is 0.415 e. The van der Waals surface area contributed by atoms with Crippen LogP contribution >= 0.6 is 0 Å². The highest BCUT2D eigenvalue weighted by molar-refractivity contribution is 5.91. The van der Waals surface area contributed by atoms with Crippen LogP contribution in [0.2, 0.25) is 0 Å². The molecule has 0 unspecified atom stereocenters. The Bertz CT molecular complexity index is 831. The first-order valence-electron chi connectivity index (χ1n) is 9.01. The highest BCUT2D eigenvalue weighted by Crippen LogP contribution is 2.38. The minimum atomic E-state index is -0.634. The number of ether oxygens (including phenoxy) is 1. The molecule has 2 aromatic rings. The van der Waals surface area contributed by atoms with Crippen molar-refractivity contribution in [2.45, 2.75) is 25.4 Å². The van der Waals surface area contributed by atoms with E-state index in [9.17, 15) is 14.0 Å². The molecule has 3 heterocycles. The maximum absolute atomic E-state index is 13.1. The van der Waals surface area contributed by atoms with Crippen molar-refractivity contribution in [1.29, 1.82) is 0 Å². The van der Waals surface area contributed by atoms with Crippen molar-refractivity contribution in [1.82, 2.24) is 14.9 Å². The predicted molar refractivity (Wildman–Crippen MR) is 95.8 cm³/mol. The number of piperidine rings is 1. The number of likely N-dealkylation sites (tertiary alicyclic amines) is 1. The van der Waals surface area contributed by atoms with Crippen LogP contribution in [0.5, 0.6) is 0 Å². The third kappa shape index (κ3) is 3.27. The van der Waals surface area contributed by atoms with E-state index in [-0.39, 0.29) is 17.6 Å². The number of halogens is 1. The van der Waals surface area contributed by atoms with Gasteiger partial charge in [0.2, 0.25) is 0 Å². The number of aromatic nitrogens is 2. The molecule has 2 aliphatic rings. The second kappa shape index (κ2) is 6.68. The number of carbonyl (C=O) groups is 2. The molecule has 27 heavy (non-hydrogen) atoms. The molecule has 0 radical (unpaired) electrons. The van der Waals surface area contributed by atoms with Crippen LogP contribution in [0.15, 0.2) is 36.7 Å². The second-order valence-electron chi connectivity index (χ2n) is 7.25. The maximum atomic E-state index is 13.1. The van der Waals surface area contributed by atoms with Crippen LogP contribution in [0.1, 0.15) is 30.4 Å². The van der Waals surface area contributed by atoms with E-state index in [0.717, 1.165) is 12.8 Å². The molecule has 0 saturated carbocycles. The fourth-order valence-corrected chi connectivity index (χ4v) is 3.92. The molecule has 0 spiro atoms. The number of amides is 2. The average Bonchev–Trinajstić information content (AvgIpc) is 3.31. The molecule has 1 aromatic carbocycles. The zero-order valence-electron chi connectivity index (χ0n) is 15.0. The lowest BCUT2D eigenvalue weighted by Crippen LogP contribution is -2.47. The van der Waals surface area contributed by atoms with Gasteiger partial charge in [-0.25, -0.2) is 14.2 Å². The number of nitrogens with one attached hydrogen (secondary N) is 1. The fraction of sp³-hybridized carbons (Fsp3) is 0.421. The van der Waals surface area contributed by atoms with Gasteiger partial charge in [0.25, 0.3) is 5.91 Å². The second-order valence-corrected chi connectivity index (χ2v) is 7.25. The van der Waals surface area contributed by atoms with Gasteiger partial charge < -0.3 is 14.6 Å². The summed E-state index contributed by atoms with van der Waals surface area (Å²) < 4.78 is 18.9. The van der Waals surface area contributed by atoms with Crippen molar-refractivity contribution in [3.63, 3.8) is 0 Å². The van der Waals surface area contributed by atoms with Gasteiger partial charge >= 0.3 is 6.09 Å². The van der Waals surface area contributed by atoms with Crippen molar-refractivity contribution >= 4 is 17.7 Å². The van der Waals surface area contributed by atoms with Gasteiger partial charge in [0, 0.05) is 37.1 Å². The van der Waals surface area contributed by atoms with Gasteiger partial charge in [-0.3, -0.25) is 9.69 Å². The quantitative estimate of drug-likeness (QED) is 0.899. The van der Waals surface area contributed by atoms with Gasteiger partial charge in [-0.05, 0) is 44.0 Å². The van der Waals surface area contributed by atoms with Crippen molar-refractivity contribution in [3.05, 3.63) is 48.3 Å². The molecule has 0 aliphatic carbocycles. The highest BCUT2D eigenvalue weighted by atomic mass is 19.1. The van der Waals surface area contributed by atoms with Crippen LogP contribution in [0.3, 0.4) is 0 Å². The Kier molecular flexibility index (Phi) is 4.33. The molecule has 2 amide bonds. The normalized spacial score (nSPS) is 23.6. The number of nitrogens with zero attached hydrogens (tertiary/aromatic N) is 3. The number of aromatic amines is 1. The standard InChI is InChI=1S/C19H21FN4O3/c1-19(12-24(18(26)27-19)15-4-2-14(20)3-5-15)13-6-10-23(11-7-13)17(25)16-21-8-9-22-16/h2-5,8-9,13H,6-7,10-12H2,1H3,(H,21,22)/t19-/m1/s1. The van der Waals surface area contributed by atoms with Crippen LogP contribution in [0.4, 0.5) is 14.9 Å². The summed E-state index contributed by atoms with van der Waals surface area (Å²) in [4.78, 5) is 34.9. The van der Waals surface area contributed by atoms with Crippen molar-refractivity contribution in [3.8, 4) is 0 Å². The molecule has 2 aliphatic heterocycles. The molecule has 0 bridgehead atoms. The molecule has 8 heteroatoms. The monoisotopic (exact) mass is 372 g/mol. The Hall–Kier alpha value is -2.90. The summed E-state index contributed by atoms with van der Waals surface area (Å²) in [6, 6.07) is 5.81. The third-order valence-corrected chi connectivity index (χ3v) is 5.50. The first kappa shape index (κ1) is 17.5. The van der Waals surface area contributed by atoms with Gasteiger partial charge in [-0.2, -0.15) is 0 Å². The van der Waals surface area contributed by atoms with Gasteiger partial charge in [0.05, 0.1) is 6.54 Å². The third-order valence-electron chi connectivity index (χ3n) is 5.50. The first-order valence-corrected chi connectivity index (χ1v) is 9.01. The maximum Gasteiger partial charge on any atom is 0.415 e. The zero-order valence-corrected chi connectivity index (χ0v) is 15.0. The van der Waals surface area contributed by atoms with E-state index >= 15 is 0 Å². The van der Waals surface area contributed by atoms with E-state index in [1.165, 1.54) is 12.1 Å². The van der Waals surface area contributed by atoms with Crippen LogP contribution < -0.4 is 4.90 Å². The number of H-pyrrole nitrogens is 1. The van der Waals surface area contributed by atoms with Crippen LogP contribution in [0.25, 0.3) is 0 Å². The highest BCUT2D eigenvalue weighted by Gasteiger charge is 2.48. The average molecular weight is 372 g/mol. The lowest BCUT2D eigenvalue weighted by molar-refractivity contribution is -0.00467. The Labute approximate surface area is 156 Å². The van der Waals surface area contributed by atoms with Crippen molar-refractivity contribution < 1.29 is 18.7 Å². The lowest BCUT2D eigenvalue weighted by Gasteiger charge is -2.38. The fourth-order valence-electron chi connectivity index (χ4n) is 3.92. The van der Waals surface area contributed by atoms with Gasteiger partial charge in [-0.1, -0.05) is 0 Å². The molecular weight excluding hydrogens is 351 g/mol. The van der Waals surface area contributed by atoms with E-state index in [0.29, 0.717) is 31.1 Å². The summed E-state index contributed by atoms with van der Waals surface area (Å²) in [5.74, 6) is 0.0321. The minimum absolute atomic E-state index is 0.111. The number of hydrogen-bond donors (Lipinski definition) is 1. The molecule has 1 aromatic heterocycles. The summed E-state index contributed by atoms with van der Waals surface area (Å²) in [6.07, 6.45) is 4.26. The van der Waals surface area contributed by atoms with E-state index in [2.05, 4.69) is 9.97 Å². The number of rotatable bonds is 3. The Morgan fingerprint density at radius 1 is 1.30 bits per heavy atom. The molecule has 4 rings (SSSR count). The number of cyclic esters (lactones) is 1. The molecule has 2 fully saturated rings. The van der Waals surface area contributed by atoms with Gasteiger partial charge in [-0.15, -0.1) is 0 Å². The van der Waals surface area contributed by atoms with E-state index in [1.54, 1.807) is 34.3 Å². The molecular formula is C19H21FN4O3. The predicted octanol–water partition coefficient (Wildman–Crippen LogP) is 2.82. The van der Waals surface area contributed by atoms with E-state index < -0.39 is 11.7 Å². The molecule has 1 N–H and O–H groups in total. The molecule has 142 valence electrons. The summed E-state index contributed by atoms with van der Waals surface area (Å²) >= 11 is 0. The largest absolute Gasteiger partial charge is 0.441 e. The summed E-state index contributed by atoms with van der Waals surface area (Å²) in [6.45, 7) is 3.53.